The van der Waals surface area contributed by atoms with Crippen LogP contribution in [0.15, 0.2) is 12.1 Å². The maximum Gasteiger partial charge on any atom is 0.139 e. The largest absolute Gasteiger partial charge is 0.506 e. The van der Waals surface area contributed by atoms with E-state index < -0.39 is 5.82 Å². The third kappa shape index (κ3) is 3.00. The standard InChI is InChI=1S/C11H13ClFNO.ClH/c12-9-5-7(13)4-8(11(9)15)10(14)3-6-1-2-6;/h4-6,10,15H,1-3,14H2;1H/t10-;/m1./s1. The summed E-state index contributed by atoms with van der Waals surface area (Å²) in [5.74, 6) is 0.0757. The lowest BCUT2D eigenvalue weighted by Crippen LogP contribution is -2.11. The van der Waals surface area contributed by atoms with E-state index in [-0.39, 0.29) is 29.2 Å². The molecule has 1 atom stereocenters. The Morgan fingerprint density at radius 2 is 2.12 bits per heavy atom. The van der Waals surface area contributed by atoms with Gasteiger partial charge in [-0.05, 0) is 24.5 Å². The van der Waals surface area contributed by atoms with Gasteiger partial charge < -0.3 is 10.8 Å². The minimum absolute atomic E-state index is 0. The van der Waals surface area contributed by atoms with Crippen LogP contribution in [0.2, 0.25) is 5.02 Å². The highest BCUT2D eigenvalue weighted by Crippen LogP contribution is 2.40. The maximum absolute atomic E-state index is 13.1. The van der Waals surface area contributed by atoms with Gasteiger partial charge in [-0.25, -0.2) is 4.39 Å². The van der Waals surface area contributed by atoms with E-state index in [1.807, 2.05) is 0 Å². The quantitative estimate of drug-likeness (QED) is 0.880. The number of hydrogen-bond donors (Lipinski definition) is 2. The van der Waals surface area contributed by atoms with Crippen LogP contribution in [0.5, 0.6) is 5.75 Å². The van der Waals surface area contributed by atoms with E-state index in [9.17, 15) is 9.50 Å². The third-order valence-electron chi connectivity index (χ3n) is 2.74. The van der Waals surface area contributed by atoms with Crippen molar-refractivity contribution in [3.8, 4) is 5.75 Å². The van der Waals surface area contributed by atoms with Crippen LogP contribution in [-0.2, 0) is 0 Å². The molecular formula is C11H14Cl2FNO. The molecule has 2 nitrogen and oxygen atoms in total. The summed E-state index contributed by atoms with van der Waals surface area (Å²) in [6.45, 7) is 0. The van der Waals surface area contributed by atoms with Crippen LogP contribution in [0, 0.1) is 11.7 Å². The molecule has 3 N–H and O–H groups in total. The molecule has 90 valence electrons. The number of hydrogen-bond acceptors (Lipinski definition) is 2. The molecule has 1 fully saturated rings. The van der Waals surface area contributed by atoms with Gasteiger partial charge in [0.05, 0.1) is 5.02 Å². The van der Waals surface area contributed by atoms with Crippen LogP contribution < -0.4 is 5.73 Å². The average molecular weight is 266 g/mol. The normalized spacial score (nSPS) is 16.7. The van der Waals surface area contributed by atoms with Gasteiger partial charge in [-0.15, -0.1) is 12.4 Å². The Labute approximate surface area is 105 Å². The highest BCUT2D eigenvalue weighted by Gasteiger charge is 2.26. The smallest absolute Gasteiger partial charge is 0.139 e. The monoisotopic (exact) mass is 265 g/mol. The van der Waals surface area contributed by atoms with Gasteiger partial charge in [-0.3, -0.25) is 0 Å². The molecule has 1 aliphatic carbocycles. The van der Waals surface area contributed by atoms with Gasteiger partial charge in [0, 0.05) is 11.6 Å². The van der Waals surface area contributed by atoms with Crippen molar-refractivity contribution in [2.75, 3.05) is 0 Å². The first-order valence-corrected chi connectivity index (χ1v) is 5.39. The molecule has 0 heterocycles. The van der Waals surface area contributed by atoms with Gasteiger partial charge in [0.15, 0.2) is 0 Å². The van der Waals surface area contributed by atoms with E-state index in [0.717, 1.165) is 12.5 Å². The molecule has 0 aromatic heterocycles. The minimum Gasteiger partial charge on any atom is -0.506 e. The summed E-state index contributed by atoms with van der Waals surface area (Å²) < 4.78 is 13.1. The van der Waals surface area contributed by atoms with Gasteiger partial charge in [-0.2, -0.15) is 0 Å². The van der Waals surface area contributed by atoms with Gasteiger partial charge in [0.2, 0.25) is 0 Å². The van der Waals surface area contributed by atoms with Gasteiger partial charge in [-0.1, -0.05) is 24.4 Å². The Bertz CT molecular complexity index is 382. The topological polar surface area (TPSA) is 46.2 Å². The molecule has 0 aliphatic heterocycles. The summed E-state index contributed by atoms with van der Waals surface area (Å²) in [5.41, 5.74) is 6.30. The molecule has 0 saturated heterocycles. The molecule has 0 unspecified atom stereocenters. The zero-order valence-corrected chi connectivity index (χ0v) is 10.2. The summed E-state index contributed by atoms with van der Waals surface area (Å²) in [7, 11) is 0. The fourth-order valence-electron chi connectivity index (χ4n) is 1.71. The summed E-state index contributed by atoms with van der Waals surface area (Å²) in [5, 5.41) is 9.67. The van der Waals surface area contributed by atoms with Crippen molar-refractivity contribution < 1.29 is 9.50 Å². The first-order valence-electron chi connectivity index (χ1n) is 5.01. The molecule has 1 saturated carbocycles. The molecule has 5 heteroatoms. The Balaban J connectivity index is 0.00000128. The second kappa shape index (κ2) is 5.21. The Hall–Kier alpha value is -0.510. The van der Waals surface area contributed by atoms with Gasteiger partial charge in [0.1, 0.15) is 11.6 Å². The maximum atomic E-state index is 13.1. The lowest BCUT2D eigenvalue weighted by Gasteiger charge is -2.14. The number of phenols is 1. The fourth-order valence-corrected chi connectivity index (χ4v) is 1.92. The second-order valence-corrected chi connectivity index (χ2v) is 4.52. The number of halogens is 3. The van der Waals surface area contributed by atoms with E-state index >= 15 is 0 Å². The Morgan fingerprint density at radius 1 is 1.50 bits per heavy atom. The Kier molecular flexibility index (Phi) is 4.42. The SMILES string of the molecule is Cl.N[C@H](CC1CC1)c1cc(F)cc(Cl)c1O. The molecule has 0 spiro atoms. The molecule has 1 aromatic rings. The van der Waals surface area contributed by atoms with E-state index in [4.69, 9.17) is 17.3 Å². The third-order valence-corrected chi connectivity index (χ3v) is 3.03. The van der Waals surface area contributed by atoms with Crippen molar-refractivity contribution in [3.63, 3.8) is 0 Å². The predicted octanol–water partition coefficient (Wildman–Crippen LogP) is 3.41. The van der Waals surface area contributed by atoms with Crippen molar-refractivity contribution in [2.45, 2.75) is 25.3 Å². The fraction of sp³-hybridized carbons (Fsp3) is 0.455. The zero-order chi connectivity index (χ0) is 11.0. The number of nitrogens with two attached hydrogens (primary N) is 1. The molecule has 1 aromatic carbocycles. The van der Waals surface area contributed by atoms with Crippen molar-refractivity contribution in [1.82, 2.24) is 0 Å². The first-order chi connectivity index (χ1) is 7.08. The molecule has 16 heavy (non-hydrogen) atoms. The summed E-state index contributed by atoms with van der Waals surface area (Å²) in [4.78, 5) is 0. The average Bonchev–Trinajstić information content (AvgIpc) is 2.94. The molecular weight excluding hydrogens is 252 g/mol. The van der Waals surface area contributed by atoms with Crippen LogP contribution in [0.3, 0.4) is 0 Å². The van der Waals surface area contributed by atoms with Crippen molar-refractivity contribution in [2.24, 2.45) is 11.7 Å². The van der Waals surface area contributed by atoms with E-state index in [1.165, 1.54) is 18.9 Å². The summed E-state index contributed by atoms with van der Waals surface area (Å²) in [6, 6.07) is 2.02. The number of aromatic hydroxyl groups is 1. The second-order valence-electron chi connectivity index (χ2n) is 4.11. The highest BCUT2D eigenvalue weighted by molar-refractivity contribution is 6.32. The summed E-state index contributed by atoms with van der Waals surface area (Å²) >= 11 is 5.67. The van der Waals surface area contributed by atoms with E-state index in [0.29, 0.717) is 11.5 Å². The molecule has 2 rings (SSSR count). The Morgan fingerprint density at radius 3 is 2.69 bits per heavy atom. The predicted molar refractivity (Wildman–Crippen MR) is 64.6 cm³/mol. The minimum atomic E-state index is -0.459. The lowest BCUT2D eigenvalue weighted by molar-refractivity contribution is 0.452. The highest BCUT2D eigenvalue weighted by atomic mass is 35.5. The van der Waals surface area contributed by atoms with Gasteiger partial charge >= 0.3 is 0 Å². The van der Waals surface area contributed by atoms with Crippen LogP contribution in [0.1, 0.15) is 30.9 Å². The molecule has 0 amide bonds. The van der Waals surface area contributed by atoms with Crippen molar-refractivity contribution in [3.05, 3.63) is 28.5 Å². The number of phenolic OH excluding ortho intramolecular Hbond substituents is 1. The van der Waals surface area contributed by atoms with Crippen LogP contribution in [0.25, 0.3) is 0 Å². The summed E-state index contributed by atoms with van der Waals surface area (Å²) in [6.07, 6.45) is 3.14. The molecule has 0 bridgehead atoms. The van der Waals surface area contributed by atoms with Crippen LogP contribution in [0.4, 0.5) is 4.39 Å². The molecule has 1 aliphatic rings. The first kappa shape index (κ1) is 13.6. The number of benzene rings is 1. The molecule has 0 radical (unpaired) electrons. The van der Waals surface area contributed by atoms with Crippen LogP contribution in [-0.4, -0.2) is 5.11 Å². The van der Waals surface area contributed by atoms with Crippen molar-refractivity contribution in [1.29, 1.82) is 0 Å². The van der Waals surface area contributed by atoms with Crippen LogP contribution >= 0.6 is 24.0 Å². The van der Waals surface area contributed by atoms with Gasteiger partial charge in [0.25, 0.3) is 0 Å². The van der Waals surface area contributed by atoms with E-state index in [2.05, 4.69) is 0 Å². The van der Waals surface area contributed by atoms with E-state index in [1.54, 1.807) is 0 Å². The zero-order valence-electron chi connectivity index (χ0n) is 8.62. The number of rotatable bonds is 3. The van der Waals surface area contributed by atoms with Crippen molar-refractivity contribution >= 4 is 24.0 Å². The lowest BCUT2D eigenvalue weighted by atomic mass is 10.0.